The fraction of sp³-hybridized carbons (Fsp3) is 0.359. The third kappa shape index (κ3) is 8.00. The van der Waals surface area contributed by atoms with Gasteiger partial charge in [0.15, 0.2) is 5.58 Å². The number of hydrogen-bond acceptors (Lipinski definition) is 12. The van der Waals surface area contributed by atoms with Gasteiger partial charge in [-0.1, -0.05) is 39.3 Å². The maximum Gasteiger partial charge on any atom is 0.434 e. The Kier molecular flexibility index (Phi) is 12.3. The summed E-state index contributed by atoms with van der Waals surface area (Å²) in [4.78, 5) is 88.8. The molecule has 0 saturated carbocycles. The fourth-order valence-corrected chi connectivity index (χ4v) is 7.83. The lowest BCUT2D eigenvalue weighted by Gasteiger charge is -2.40. The molecule has 1 fully saturated rings. The normalized spacial score (nSPS) is 18.1. The molecule has 0 aliphatic carbocycles. The number of ether oxygens (including phenoxy) is 1. The Morgan fingerprint density at radius 1 is 0.929 bits per heavy atom. The summed E-state index contributed by atoms with van der Waals surface area (Å²) in [6, 6.07) is 10.00. The van der Waals surface area contributed by atoms with E-state index in [2.05, 4.69) is 4.98 Å². The van der Waals surface area contributed by atoms with E-state index in [1.807, 2.05) is 4.72 Å². The Balaban J connectivity index is 1.58. The van der Waals surface area contributed by atoms with E-state index in [-0.39, 0.29) is 45.1 Å². The smallest absolute Gasteiger partial charge is 0.434 e. The number of urea groups is 1. The van der Waals surface area contributed by atoms with E-state index in [0.717, 1.165) is 4.90 Å². The van der Waals surface area contributed by atoms with Gasteiger partial charge in [0, 0.05) is 29.0 Å². The molecule has 1 saturated heterocycles. The van der Waals surface area contributed by atoms with E-state index >= 15 is 4.79 Å². The average molecular weight is 809 g/mol. The van der Waals surface area contributed by atoms with Crippen molar-refractivity contribution in [3.63, 3.8) is 0 Å². The van der Waals surface area contributed by atoms with Crippen LogP contribution >= 0.6 is 11.6 Å². The standard InChI is InChI=1S/C39H42ClN5O10S/c1-21(2)31(41)37(49)45(19-7-8-23(45)5)39(51)44(32(22(3)4)33(46)35-42-29-18-13-26(38(50)54-6)20-30(29)55-35)36(48)25-11-9-24(10-12-25)34(47)43-56(52,53)28-16-14-27(40)15-17-28/h9-18,20-23,31-32H,7-8,19,41H2,1-6H3/p+1/t23?,31?,32?,45-/m0/s1. The van der Waals surface area contributed by atoms with Gasteiger partial charge in [0.05, 0.1) is 24.1 Å². The van der Waals surface area contributed by atoms with Crippen LogP contribution in [0.1, 0.15) is 89.2 Å². The summed E-state index contributed by atoms with van der Waals surface area (Å²) >= 11 is 5.86. The summed E-state index contributed by atoms with van der Waals surface area (Å²) in [7, 11) is -3.08. The van der Waals surface area contributed by atoms with E-state index in [9.17, 15) is 32.4 Å². The molecule has 4 atom stereocenters. The van der Waals surface area contributed by atoms with Crippen molar-refractivity contribution >= 4 is 68.2 Å². The predicted molar refractivity (Wildman–Crippen MR) is 204 cm³/mol. The number of Topliss-reactive ketones (excluding diaryl/α,β-unsaturated/α-hetero) is 1. The number of ketones is 1. The van der Waals surface area contributed by atoms with Crippen LogP contribution in [0.15, 0.2) is 76.0 Å². The first kappa shape index (κ1) is 41.9. The van der Waals surface area contributed by atoms with Gasteiger partial charge in [0.25, 0.3) is 27.7 Å². The number of hydrogen-bond donors (Lipinski definition) is 2. The number of rotatable bonds is 11. The molecular weight excluding hydrogens is 766 g/mol. The molecule has 5 amide bonds. The van der Waals surface area contributed by atoms with Crippen molar-refractivity contribution in [1.29, 1.82) is 0 Å². The van der Waals surface area contributed by atoms with Gasteiger partial charge in [0.2, 0.25) is 5.78 Å². The third-order valence-electron chi connectivity index (χ3n) is 9.99. The zero-order valence-corrected chi connectivity index (χ0v) is 33.2. The molecule has 3 unspecified atom stereocenters. The number of carbonyl (C=O) groups is 6. The van der Waals surface area contributed by atoms with Crippen molar-refractivity contribution in [2.24, 2.45) is 17.6 Å². The Morgan fingerprint density at radius 3 is 2.09 bits per heavy atom. The third-order valence-corrected chi connectivity index (χ3v) is 11.6. The molecule has 1 aromatic heterocycles. The monoisotopic (exact) mass is 808 g/mol. The first-order chi connectivity index (χ1) is 26.3. The number of carbonyl (C=O) groups excluding carboxylic acids is 6. The Morgan fingerprint density at radius 2 is 1.54 bits per heavy atom. The number of amides is 5. The summed E-state index contributed by atoms with van der Waals surface area (Å²) in [6.07, 6.45) is 0.920. The number of oxazole rings is 1. The number of aromatic nitrogens is 1. The number of likely N-dealkylation sites (tertiary alicyclic amines) is 1. The molecule has 15 nitrogen and oxygen atoms in total. The number of methoxy groups -OCH3 is 1. The van der Waals surface area contributed by atoms with E-state index in [0.29, 0.717) is 17.9 Å². The molecule has 2 heterocycles. The summed E-state index contributed by atoms with van der Waals surface area (Å²) in [5.41, 5.74) is 6.52. The minimum Gasteiger partial charge on any atom is -0.465 e. The van der Waals surface area contributed by atoms with Crippen molar-refractivity contribution < 1.29 is 50.8 Å². The fourth-order valence-electron chi connectivity index (χ4n) is 6.73. The largest absolute Gasteiger partial charge is 0.465 e. The van der Waals surface area contributed by atoms with Crippen LogP contribution in [-0.2, 0) is 19.6 Å². The molecule has 4 aromatic rings. The summed E-state index contributed by atoms with van der Waals surface area (Å²) < 4.78 is 37.4. The maximum atomic E-state index is 15.2. The summed E-state index contributed by atoms with van der Waals surface area (Å²) in [6.45, 7) is 8.46. The van der Waals surface area contributed by atoms with E-state index in [4.69, 9.17) is 26.5 Å². The van der Waals surface area contributed by atoms with Gasteiger partial charge in [0.1, 0.15) is 23.6 Å². The van der Waals surface area contributed by atoms with Crippen LogP contribution in [0.3, 0.4) is 0 Å². The number of esters is 1. The SMILES string of the molecule is COC(=O)c1ccc2nc(C(=O)C(C(C)C)N(C(=O)c3ccc(C(=O)NS(=O)(=O)c4ccc(Cl)cc4)cc3)C(=O)[N@@+]3(C(=O)C(N)C(C)C)CCCC3C)oc2c1. The molecule has 0 radical (unpaired) electrons. The number of halogens is 1. The number of quaternary nitrogens is 1. The molecule has 296 valence electrons. The average Bonchev–Trinajstić information content (AvgIpc) is 3.78. The van der Waals surface area contributed by atoms with Crippen molar-refractivity contribution in [2.45, 2.75) is 70.5 Å². The predicted octanol–water partition coefficient (Wildman–Crippen LogP) is 5.37. The molecule has 17 heteroatoms. The molecule has 1 aliphatic heterocycles. The van der Waals surface area contributed by atoms with Crippen LogP contribution in [0.5, 0.6) is 0 Å². The van der Waals surface area contributed by atoms with E-state index in [1.165, 1.54) is 73.8 Å². The number of imide groups is 2. The van der Waals surface area contributed by atoms with Crippen molar-refractivity contribution in [3.8, 4) is 0 Å². The summed E-state index contributed by atoms with van der Waals surface area (Å²) in [5.74, 6) is -5.66. The van der Waals surface area contributed by atoms with Crippen LogP contribution in [0.25, 0.3) is 11.1 Å². The zero-order valence-electron chi connectivity index (χ0n) is 31.6. The first-order valence-electron chi connectivity index (χ1n) is 17.9. The lowest BCUT2D eigenvalue weighted by Crippen LogP contribution is -2.70. The van der Waals surface area contributed by atoms with Crippen molar-refractivity contribution in [2.75, 3.05) is 13.7 Å². The van der Waals surface area contributed by atoms with Crippen LogP contribution in [0, 0.1) is 11.8 Å². The number of sulfonamides is 1. The minimum absolute atomic E-state index is 0.0302. The number of benzene rings is 3. The van der Waals surface area contributed by atoms with Gasteiger partial charge < -0.3 is 14.9 Å². The van der Waals surface area contributed by atoms with E-state index < -0.39 is 79.9 Å². The Hall–Kier alpha value is -5.29. The summed E-state index contributed by atoms with van der Waals surface area (Å²) in [5, 5.41) is 0.298. The molecule has 0 spiro atoms. The number of fused-ring (bicyclic) bond motifs is 1. The quantitative estimate of drug-likeness (QED) is 0.111. The highest BCUT2D eigenvalue weighted by molar-refractivity contribution is 7.90. The maximum absolute atomic E-state index is 15.2. The molecule has 3 aromatic carbocycles. The number of nitrogens with two attached hydrogens (primary N) is 1. The first-order valence-corrected chi connectivity index (χ1v) is 19.7. The highest BCUT2D eigenvalue weighted by Gasteiger charge is 2.59. The molecular formula is C39H43ClN5O10S+. The van der Waals surface area contributed by atoms with Gasteiger partial charge in [-0.05, 0) is 85.5 Å². The van der Waals surface area contributed by atoms with Crippen LogP contribution in [-0.4, -0.2) is 90.1 Å². The van der Waals surface area contributed by atoms with Gasteiger partial charge in [-0.2, -0.15) is 4.48 Å². The van der Waals surface area contributed by atoms with Gasteiger partial charge in [-0.3, -0.25) is 14.4 Å². The number of nitrogens with zero attached hydrogens (tertiary/aromatic N) is 3. The second-order valence-electron chi connectivity index (χ2n) is 14.4. The topological polar surface area (TPSA) is 213 Å². The van der Waals surface area contributed by atoms with Gasteiger partial charge in [-0.15, -0.1) is 0 Å². The van der Waals surface area contributed by atoms with Crippen LogP contribution in [0.4, 0.5) is 4.79 Å². The highest BCUT2D eigenvalue weighted by Crippen LogP contribution is 2.34. The Bertz CT molecular complexity index is 2310. The number of nitrogens with one attached hydrogen (secondary N) is 1. The molecule has 3 N–H and O–H groups in total. The van der Waals surface area contributed by atoms with Crippen LogP contribution < -0.4 is 10.5 Å². The molecule has 5 rings (SSSR count). The minimum atomic E-state index is -4.29. The van der Waals surface area contributed by atoms with Crippen molar-refractivity contribution in [1.82, 2.24) is 14.6 Å². The Labute approximate surface area is 328 Å². The van der Waals surface area contributed by atoms with Crippen molar-refractivity contribution in [3.05, 3.63) is 94.3 Å². The van der Waals surface area contributed by atoms with Crippen LogP contribution in [0.2, 0.25) is 5.02 Å². The lowest BCUT2D eigenvalue weighted by atomic mass is 9.96. The molecule has 0 bridgehead atoms. The lowest BCUT2D eigenvalue weighted by molar-refractivity contribution is -0.788. The van der Waals surface area contributed by atoms with Gasteiger partial charge >= 0.3 is 17.9 Å². The highest BCUT2D eigenvalue weighted by atomic mass is 35.5. The zero-order chi connectivity index (χ0) is 41.3. The molecule has 1 aliphatic rings. The molecule has 56 heavy (non-hydrogen) atoms. The van der Waals surface area contributed by atoms with E-state index in [1.54, 1.807) is 34.6 Å². The van der Waals surface area contributed by atoms with Gasteiger partial charge in [-0.25, -0.2) is 37.4 Å². The second-order valence-corrected chi connectivity index (χ2v) is 16.5. The second kappa shape index (κ2) is 16.4.